The van der Waals surface area contributed by atoms with Gasteiger partial charge in [0.25, 0.3) is 0 Å². The minimum atomic E-state index is -3.10. The molecule has 0 aliphatic rings. The maximum atomic E-state index is 11.7. The number of nitrogens with zero attached hydrogens (tertiary/aromatic N) is 1. The number of carbonyl (C=O) groups is 1. The van der Waals surface area contributed by atoms with Gasteiger partial charge >= 0.3 is 0 Å². The number of hydrogen-bond donors (Lipinski definition) is 1. The topological polar surface area (TPSA) is 87.0 Å². The Hall–Kier alpha value is -1.87. The Morgan fingerprint density at radius 3 is 2.70 bits per heavy atom. The Kier molecular flexibility index (Phi) is 5.71. The molecule has 0 radical (unpaired) electrons. The van der Waals surface area contributed by atoms with E-state index in [4.69, 9.17) is 5.26 Å². The number of nitriles is 1. The number of rotatable bonds is 6. The van der Waals surface area contributed by atoms with Crippen LogP contribution in [0.2, 0.25) is 0 Å². The lowest BCUT2D eigenvalue weighted by Gasteiger charge is -2.08. The molecule has 5 nitrogen and oxygen atoms in total. The third kappa shape index (κ3) is 5.02. The van der Waals surface area contributed by atoms with E-state index >= 15 is 0 Å². The van der Waals surface area contributed by atoms with Crippen LogP contribution in [-0.4, -0.2) is 25.3 Å². The number of amides is 1. The fourth-order valence-corrected chi connectivity index (χ4v) is 2.58. The largest absolute Gasteiger partial charge is 0.326 e. The van der Waals surface area contributed by atoms with E-state index in [1.165, 1.54) is 0 Å². The fourth-order valence-electron chi connectivity index (χ4n) is 1.56. The van der Waals surface area contributed by atoms with Crippen molar-refractivity contribution in [3.63, 3.8) is 0 Å². The second-order valence-corrected chi connectivity index (χ2v) is 7.44. The van der Waals surface area contributed by atoms with E-state index in [1.54, 1.807) is 38.1 Å². The van der Waals surface area contributed by atoms with Gasteiger partial charge in [-0.1, -0.05) is 6.07 Å². The fraction of sp³-hybridized carbons (Fsp3) is 0.429. The third-order valence-corrected chi connectivity index (χ3v) is 5.12. The summed E-state index contributed by atoms with van der Waals surface area (Å²) in [7, 11) is -3.10. The van der Waals surface area contributed by atoms with Gasteiger partial charge in [0, 0.05) is 12.1 Å². The maximum Gasteiger partial charge on any atom is 0.224 e. The van der Waals surface area contributed by atoms with E-state index in [-0.39, 0.29) is 18.1 Å². The number of carbonyl (C=O) groups excluding carboxylic acids is 1. The first-order valence-electron chi connectivity index (χ1n) is 6.37. The molecular weight excluding hydrogens is 276 g/mol. The highest BCUT2D eigenvalue weighted by Crippen LogP contribution is 2.11. The lowest BCUT2D eigenvalue weighted by atomic mass is 10.2. The van der Waals surface area contributed by atoms with Crippen LogP contribution in [0, 0.1) is 11.3 Å². The zero-order valence-corrected chi connectivity index (χ0v) is 12.4. The predicted molar refractivity (Wildman–Crippen MR) is 77.9 cm³/mol. The standard InChI is InChI=1S/C14H18N2O3S/c1-11(2)20(18,19)8-4-7-14(17)16-13-6-3-5-12(9-13)10-15/h3,5-6,9,11H,4,7-8H2,1-2H3,(H,16,17). The summed E-state index contributed by atoms with van der Waals surface area (Å²) < 4.78 is 23.2. The molecule has 0 saturated carbocycles. The van der Waals surface area contributed by atoms with Gasteiger partial charge in [-0.05, 0) is 38.5 Å². The van der Waals surface area contributed by atoms with E-state index in [9.17, 15) is 13.2 Å². The molecule has 0 spiro atoms. The summed E-state index contributed by atoms with van der Waals surface area (Å²) in [4.78, 5) is 11.7. The Morgan fingerprint density at radius 1 is 1.40 bits per heavy atom. The van der Waals surface area contributed by atoms with Gasteiger partial charge in [-0.25, -0.2) is 8.42 Å². The molecular formula is C14H18N2O3S. The lowest BCUT2D eigenvalue weighted by Crippen LogP contribution is -2.19. The van der Waals surface area contributed by atoms with Gasteiger partial charge in [-0.2, -0.15) is 5.26 Å². The molecule has 0 aliphatic carbocycles. The Labute approximate surface area is 119 Å². The van der Waals surface area contributed by atoms with Gasteiger partial charge in [0.05, 0.1) is 22.6 Å². The van der Waals surface area contributed by atoms with Gasteiger partial charge in [-0.15, -0.1) is 0 Å². The number of hydrogen-bond acceptors (Lipinski definition) is 4. The molecule has 20 heavy (non-hydrogen) atoms. The molecule has 0 aliphatic heterocycles. The van der Waals surface area contributed by atoms with Crippen LogP contribution < -0.4 is 5.32 Å². The van der Waals surface area contributed by atoms with E-state index in [0.717, 1.165) is 0 Å². The molecule has 0 heterocycles. The Bertz CT molecular complexity index is 616. The van der Waals surface area contributed by atoms with Crippen molar-refractivity contribution >= 4 is 21.4 Å². The molecule has 0 unspecified atom stereocenters. The van der Waals surface area contributed by atoms with Crippen molar-refractivity contribution in [1.29, 1.82) is 5.26 Å². The molecule has 108 valence electrons. The van der Waals surface area contributed by atoms with Gasteiger partial charge in [-0.3, -0.25) is 4.79 Å². The molecule has 6 heteroatoms. The monoisotopic (exact) mass is 294 g/mol. The van der Waals surface area contributed by atoms with E-state index in [0.29, 0.717) is 17.7 Å². The lowest BCUT2D eigenvalue weighted by molar-refractivity contribution is -0.116. The zero-order valence-electron chi connectivity index (χ0n) is 11.6. The van der Waals surface area contributed by atoms with Crippen molar-refractivity contribution in [3.8, 4) is 6.07 Å². The van der Waals surface area contributed by atoms with Crippen LogP contribution >= 0.6 is 0 Å². The van der Waals surface area contributed by atoms with Crippen LogP contribution in [0.1, 0.15) is 32.3 Å². The SMILES string of the molecule is CC(C)S(=O)(=O)CCCC(=O)Nc1cccc(C#N)c1. The summed E-state index contributed by atoms with van der Waals surface area (Å²) in [5, 5.41) is 11.0. The van der Waals surface area contributed by atoms with Crippen molar-refractivity contribution in [2.75, 3.05) is 11.1 Å². The van der Waals surface area contributed by atoms with E-state index in [2.05, 4.69) is 5.32 Å². The quantitative estimate of drug-likeness (QED) is 0.870. The van der Waals surface area contributed by atoms with Crippen LogP contribution in [0.5, 0.6) is 0 Å². The first kappa shape index (κ1) is 16.2. The van der Waals surface area contributed by atoms with Crippen molar-refractivity contribution in [3.05, 3.63) is 29.8 Å². The maximum absolute atomic E-state index is 11.7. The highest BCUT2D eigenvalue weighted by atomic mass is 32.2. The molecule has 0 atom stereocenters. The second kappa shape index (κ2) is 7.06. The first-order chi connectivity index (χ1) is 9.35. The van der Waals surface area contributed by atoms with Crippen LogP contribution in [0.4, 0.5) is 5.69 Å². The Balaban J connectivity index is 2.47. The molecule has 0 bridgehead atoms. The molecule has 1 amide bonds. The number of nitrogens with one attached hydrogen (secondary N) is 1. The zero-order chi connectivity index (χ0) is 15.2. The number of sulfone groups is 1. The van der Waals surface area contributed by atoms with Crippen LogP contribution in [-0.2, 0) is 14.6 Å². The summed E-state index contributed by atoms with van der Waals surface area (Å²) in [5.74, 6) is -0.241. The van der Waals surface area contributed by atoms with Crippen molar-refractivity contribution < 1.29 is 13.2 Å². The third-order valence-electron chi connectivity index (χ3n) is 2.83. The molecule has 0 aromatic heterocycles. The summed E-state index contributed by atoms with van der Waals surface area (Å²) in [6.45, 7) is 3.26. The molecule has 1 N–H and O–H groups in total. The predicted octanol–water partition coefficient (Wildman–Crippen LogP) is 2.10. The van der Waals surface area contributed by atoms with Crippen molar-refractivity contribution in [1.82, 2.24) is 0 Å². The molecule has 1 rings (SSSR count). The molecule has 0 saturated heterocycles. The Morgan fingerprint density at radius 2 is 2.10 bits per heavy atom. The first-order valence-corrected chi connectivity index (χ1v) is 8.08. The normalized spacial score (nSPS) is 11.1. The number of benzene rings is 1. The minimum Gasteiger partial charge on any atom is -0.326 e. The highest BCUT2D eigenvalue weighted by molar-refractivity contribution is 7.91. The minimum absolute atomic E-state index is 0.0102. The summed E-state index contributed by atoms with van der Waals surface area (Å²) in [5.41, 5.74) is 1.01. The van der Waals surface area contributed by atoms with Crippen LogP contribution in [0.15, 0.2) is 24.3 Å². The molecule has 1 aromatic carbocycles. The van der Waals surface area contributed by atoms with Gasteiger partial charge in [0.15, 0.2) is 9.84 Å². The smallest absolute Gasteiger partial charge is 0.224 e. The summed E-state index contributed by atoms with van der Waals surface area (Å²) in [6, 6.07) is 8.56. The van der Waals surface area contributed by atoms with Crippen LogP contribution in [0.3, 0.4) is 0 Å². The van der Waals surface area contributed by atoms with E-state index < -0.39 is 15.1 Å². The van der Waals surface area contributed by atoms with Crippen molar-refractivity contribution in [2.45, 2.75) is 31.9 Å². The average Bonchev–Trinajstić information content (AvgIpc) is 2.38. The van der Waals surface area contributed by atoms with Crippen molar-refractivity contribution in [2.24, 2.45) is 0 Å². The molecule has 1 aromatic rings. The van der Waals surface area contributed by atoms with Crippen LogP contribution in [0.25, 0.3) is 0 Å². The van der Waals surface area contributed by atoms with E-state index in [1.807, 2.05) is 6.07 Å². The highest BCUT2D eigenvalue weighted by Gasteiger charge is 2.16. The average molecular weight is 294 g/mol. The second-order valence-electron chi connectivity index (χ2n) is 4.76. The van der Waals surface area contributed by atoms with Gasteiger partial charge in [0.1, 0.15) is 0 Å². The molecule has 0 fully saturated rings. The number of anilines is 1. The summed E-state index contributed by atoms with van der Waals surface area (Å²) >= 11 is 0. The van der Waals surface area contributed by atoms with Gasteiger partial charge in [0.2, 0.25) is 5.91 Å². The van der Waals surface area contributed by atoms with Gasteiger partial charge < -0.3 is 5.32 Å². The summed E-state index contributed by atoms with van der Waals surface area (Å²) in [6.07, 6.45) is 0.438.